The number of nitrogens with zero attached hydrogens (tertiary/aromatic N) is 1. The molecule has 0 N–H and O–H groups in total. The van der Waals surface area contributed by atoms with Crippen LogP contribution in [0, 0.1) is 13.8 Å². The van der Waals surface area contributed by atoms with E-state index >= 15 is 0 Å². The van der Waals surface area contributed by atoms with Crippen LogP contribution in [0.25, 0.3) is 0 Å². The van der Waals surface area contributed by atoms with Crippen LogP contribution in [0.5, 0.6) is 0 Å². The Bertz CT molecular complexity index is 1000. The van der Waals surface area contributed by atoms with E-state index in [4.69, 9.17) is 0 Å². The lowest BCUT2D eigenvalue weighted by molar-refractivity contribution is -0.121. The average Bonchev–Trinajstić information content (AvgIpc) is 3.01. The summed E-state index contributed by atoms with van der Waals surface area (Å²) >= 11 is 0. The predicted octanol–water partition coefficient (Wildman–Crippen LogP) is 5.14. The van der Waals surface area contributed by atoms with Gasteiger partial charge < -0.3 is 0 Å². The Labute approximate surface area is 172 Å². The van der Waals surface area contributed by atoms with Gasteiger partial charge in [0.25, 0.3) is 0 Å². The number of imide groups is 1. The molecule has 1 fully saturated rings. The summed E-state index contributed by atoms with van der Waals surface area (Å²) in [7, 11) is 0. The highest BCUT2D eigenvalue weighted by Gasteiger charge is 2.33. The molecule has 1 saturated heterocycles. The van der Waals surface area contributed by atoms with Crippen molar-refractivity contribution in [3.05, 3.63) is 100 Å². The number of aryl methyl sites for hydroxylation is 2. The van der Waals surface area contributed by atoms with Gasteiger partial charge in [-0.15, -0.1) is 0 Å². The van der Waals surface area contributed by atoms with E-state index in [1.165, 1.54) is 27.2 Å². The monoisotopic (exact) mass is 383 g/mol. The van der Waals surface area contributed by atoms with Crippen LogP contribution in [0.1, 0.15) is 46.2 Å². The van der Waals surface area contributed by atoms with Gasteiger partial charge in [0.2, 0.25) is 11.8 Å². The Kier molecular flexibility index (Phi) is 5.30. The van der Waals surface area contributed by atoms with Gasteiger partial charge in [0, 0.05) is 12.8 Å². The number of carbonyl (C=O) groups is 2. The number of amides is 2. The standard InChI is InChI=1S/C26H25NO2/c1-18-6-3-8-20(14-18)16-22-10-5-11-23(17-21-9-4-7-19(2)15-21)26(22)27-24(28)12-13-25(27)29/h3-11,14-15H,12-13,16-17H2,1-2H3. The predicted molar refractivity (Wildman–Crippen MR) is 116 cm³/mol. The van der Waals surface area contributed by atoms with E-state index in [2.05, 4.69) is 50.2 Å². The van der Waals surface area contributed by atoms with Crippen LogP contribution in [0.3, 0.4) is 0 Å². The molecule has 1 heterocycles. The molecule has 146 valence electrons. The van der Waals surface area contributed by atoms with E-state index < -0.39 is 0 Å². The maximum Gasteiger partial charge on any atom is 0.234 e. The van der Waals surface area contributed by atoms with Gasteiger partial charge in [0.1, 0.15) is 0 Å². The molecule has 0 spiro atoms. The Morgan fingerprint density at radius 3 is 1.59 bits per heavy atom. The van der Waals surface area contributed by atoms with Gasteiger partial charge in [0.15, 0.2) is 0 Å². The molecular formula is C26H25NO2. The van der Waals surface area contributed by atoms with Crippen molar-refractivity contribution < 1.29 is 9.59 Å². The molecule has 0 saturated carbocycles. The highest BCUT2D eigenvalue weighted by molar-refractivity contribution is 6.20. The summed E-state index contributed by atoms with van der Waals surface area (Å²) in [5.41, 5.74) is 7.58. The maximum atomic E-state index is 12.6. The van der Waals surface area contributed by atoms with E-state index in [0.29, 0.717) is 25.7 Å². The second kappa shape index (κ2) is 8.04. The summed E-state index contributed by atoms with van der Waals surface area (Å²) in [6.45, 7) is 4.15. The molecular weight excluding hydrogens is 358 g/mol. The lowest BCUT2D eigenvalue weighted by atomic mass is 9.94. The Morgan fingerprint density at radius 2 is 1.14 bits per heavy atom. The second-order valence-electron chi connectivity index (χ2n) is 7.88. The van der Waals surface area contributed by atoms with E-state index in [1.54, 1.807) is 0 Å². The highest BCUT2D eigenvalue weighted by Crippen LogP contribution is 2.33. The van der Waals surface area contributed by atoms with Gasteiger partial charge in [-0.3, -0.25) is 9.59 Å². The van der Waals surface area contributed by atoms with Crippen LogP contribution >= 0.6 is 0 Å². The lowest BCUT2D eigenvalue weighted by Crippen LogP contribution is -2.30. The fraction of sp³-hybridized carbons (Fsp3) is 0.231. The van der Waals surface area contributed by atoms with E-state index in [-0.39, 0.29) is 11.8 Å². The SMILES string of the molecule is Cc1cccc(Cc2cccc(Cc3cccc(C)c3)c2N2C(=O)CCC2=O)c1. The van der Waals surface area contributed by atoms with Crippen molar-refractivity contribution in [1.82, 2.24) is 0 Å². The number of anilines is 1. The zero-order valence-electron chi connectivity index (χ0n) is 16.9. The topological polar surface area (TPSA) is 37.4 Å². The van der Waals surface area contributed by atoms with E-state index in [9.17, 15) is 9.59 Å². The van der Waals surface area contributed by atoms with Gasteiger partial charge >= 0.3 is 0 Å². The third-order valence-electron chi connectivity index (χ3n) is 5.43. The third kappa shape index (κ3) is 4.14. The van der Waals surface area contributed by atoms with Gasteiger partial charge in [-0.2, -0.15) is 0 Å². The van der Waals surface area contributed by atoms with E-state index in [1.807, 2.05) is 30.3 Å². The van der Waals surface area contributed by atoms with Crippen molar-refractivity contribution in [2.45, 2.75) is 39.5 Å². The fourth-order valence-electron chi connectivity index (χ4n) is 4.13. The quantitative estimate of drug-likeness (QED) is 0.572. The molecule has 1 aliphatic heterocycles. The van der Waals surface area contributed by atoms with Gasteiger partial charge in [-0.05, 0) is 48.9 Å². The van der Waals surface area contributed by atoms with Crippen LogP contribution in [-0.2, 0) is 22.4 Å². The van der Waals surface area contributed by atoms with Crippen LogP contribution < -0.4 is 4.90 Å². The average molecular weight is 383 g/mol. The Balaban J connectivity index is 1.80. The minimum Gasteiger partial charge on any atom is -0.274 e. The lowest BCUT2D eigenvalue weighted by Gasteiger charge is -2.22. The highest BCUT2D eigenvalue weighted by atomic mass is 16.2. The zero-order chi connectivity index (χ0) is 20.4. The molecule has 3 heteroatoms. The molecule has 4 rings (SSSR count). The van der Waals surface area contributed by atoms with Crippen molar-refractivity contribution in [3.8, 4) is 0 Å². The molecule has 1 aliphatic rings. The summed E-state index contributed by atoms with van der Waals surface area (Å²) < 4.78 is 0. The van der Waals surface area contributed by atoms with Crippen LogP contribution in [0.2, 0.25) is 0 Å². The first-order chi connectivity index (χ1) is 14.0. The first-order valence-corrected chi connectivity index (χ1v) is 10.1. The summed E-state index contributed by atoms with van der Waals surface area (Å²) in [5, 5.41) is 0. The number of para-hydroxylation sites is 1. The van der Waals surface area contributed by atoms with E-state index in [0.717, 1.165) is 16.8 Å². The molecule has 0 atom stereocenters. The third-order valence-corrected chi connectivity index (χ3v) is 5.43. The largest absolute Gasteiger partial charge is 0.274 e. The summed E-state index contributed by atoms with van der Waals surface area (Å²) in [6.07, 6.45) is 1.97. The molecule has 0 radical (unpaired) electrons. The van der Waals surface area contributed by atoms with Gasteiger partial charge in [-0.1, -0.05) is 77.9 Å². The van der Waals surface area contributed by atoms with Crippen LogP contribution in [-0.4, -0.2) is 11.8 Å². The molecule has 3 aromatic rings. The Morgan fingerprint density at radius 1 is 0.690 bits per heavy atom. The number of hydrogen-bond acceptors (Lipinski definition) is 2. The molecule has 0 aliphatic carbocycles. The smallest absolute Gasteiger partial charge is 0.234 e. The van der Waals surface area contributed by atoms with Crippen molar-refractivity contribution in [3.63, 3.8) is 0 Å². The van der Waals surface area contributed by atoms with Crippen molar-refractivity contribution in [2.24, 2.45) is 0 Å². The van der Waals surface area contributed by atoms with Crippen LogP contribution in [0.15, 0.2) is 66.7 Å². The fourth-order valence-corrected chi connectivity index (χ4v) is 4.13. The molecule has 29 heavy (non-hydrogen) atoms. The first kappa shape index (κ1) is 19.1. The van der Waals surface area contributed by atoms with Crippen molar-refractivity contribution in [2.75, 3.05) is 4.90 Å². The van der Waals surface area contributed by atoms with Crippen molar-refractivity contribution in [1.29, 1.82) is 0 Å². The minimum atomic E-state index is -0.0998. The number of hydrogen-bond donors (Lipinski definition) is 0. The Hall–Kier alpha value is -3.20. The molecule has 0 aromatic heterocycles. The summed E-state index contributed by atoms with van der Waals surface area (Å²) in [4.78, 5) is 26.6. The first-order valence-electron chi connectivity index (χ1n) is 10.1. The molecule has 2 amide bonds. The minimum absolute atomic E-state index is 0.0998. The number of benzene rings is 3. The summed E-state index contributed by atoms with van der Waals surface area (Å²) in [6, 6.07) is 22.9. The number of rotatable bonds is 5. The normalized spacial score (nSPS) is 13.9. The molecule has 0 bridgehead atoms. The number of carbonyl (C=O) groups excluding carboxylic acids is 2. The molecule has 3 nitrogen and oxygen atoms in total. The second-order valence-corrected chi connectivity index (χ2v) is 7.88. The van der Waals surface area contributed by atoms with Gasteiger partial charge in [-0.25, -0.2) is 4.90 Å². The summed E-state index contributed by atoms with van der Waals surface area (Å²) in [5.74, 6) is -0.200. The zero-order valence-corrected chi connectivity index (χ0v) is 16.9. The van der Waals surface area contributed by atoms with Crippen molar-refractivity contribution >= 4 is 17.5 Å². The molecule has 0 unspecified atom stereocenters. The van der Waals surface area contributed by atoms with Gasteiger partial charge in [0.05, 0.1) is 5.69 Å². The molecule has 3 aromatic carbocycles. The maximum absolute atomic E-state index is 12.6. The van der Waals surface area contributed by atoms with Crippen LogP contribution in [0.4, 0.5) is 5.69 Å².